The Labute approximate surface area is 182 Å². The second kappa shape index (κ2) is 7.95. The van der Waals surface area contributed by atoms with Crippen LogP contribution in [-0.4, -0.2) is 24.5 Å². The van der Waals surface area contributed by atoms with Gasteiger partial charge < -0.3 is 10.2 Å². The molecule has 0 aliphatic carbocycles. The summed E-state index contributed by atoms with van der Waals surface area (Å²) in [7, 11) is -3.55. The molecule has 0 bridgehead atoms. The topological polar surface area (TPSA) is 91.1 Å². The van der Waals surface area contributed by atoms with E-state index < -0.39 is 21.7 Å². The highest BCUT2D eigenvalue weighted by Crippen LogP contribution is 2.34. The van der Waals surface area contributed by atoms with Crippen molar-refractivity contribution < 1.29 is 26.0 Å². The van der Waals surface area contributed by atoms with Gasteiger partial charge in [-0.2, -0.15) is 18.3 Å². The first-order valence-corrected chi connectivity index (χ1v) is 11.3. The van der Waals surface area contributed by atoms with Crippen LogP contribution in [0.4, 0.5) is 13.2 Å². The van der Waals surface area contributed by atoms with Gasteiger partial charge in [0, 0.05) is 23.9 Å². The van der Waals surface area contributed by atoms with Crippen molar-refractivity contribution >= 4 is 9.84 Å². The van der Waals surface area contributed by atoms with Gasteiger partial charge in [-0.15, -0.1) is 0 Å². The van der Waals surface area contributed by atoms with Crippen molar-refractivity contribution in [2.24, 2.45) is 5.73 Å². The van der Waals surface area contributed by atoms with Crippen LogP contribution in [0.25, 0.3) is 28.3 Å². The first kappa shape index (κ1) is 21.8. The van der Waals surface area contributed by atoms with E-state index in [2.05, 4.69) is 5.10 Å². The van der Waals surface area contributed by atoms with E-state index in [1.807, 2.05) is 0 Å². The maximum Gasteiger partial charge on any atom is 0.435 e. The molecule has 0 spiro atoms. The predicted octanol–water partition coefficient (Wildman–Crippen LogP) is 4.68. The van der Waals surface area contributed by atoms with Gasteiger partial charge in [0.2, 0.25) is 0 Å². The Bertz CT molecular complexity index is 1360. The summed E-state index contributed by atoms with van der Waals surface area (Å²) in [5, 5.41) is 3.75. The lowest BCUT2D eigenvalue weighted by Gasteiger charge is -2.12. The van der Waals surface area contributed by atoms with Crippen LogP contribution in [-0.2, 0) is 22.6 Å². The normalized spacial score (nSPS) is 12.3. The maximum atomic E-state index is 13.4. The molecule has 166 valence electrons. The van der Waals surface area contributed by atoms with E-state index in [4.69, 9.17) is 10.2 Å². The van der Waals surface area contributed by atoms with Crippen LogP contribution >= 0.6 is 0 Å². The van der Waals surface area contributed by atoms with Crippen molar-refractivity contribution in [1.29, 1.82) is 0 Å². The number of rotatable bonds is 5. The standard InChI is InChI=1S/C22H18F3N3O3S/c1-32(29,30)20-9-8-17(11-16(20)13-26)28-18(12-21(27-28)22(23,24)25)14-4-6-15(7-5-14)19-3-2-10-31-19/h2-12H,13,26H2,1H3. The molecule has 10 heteroatoms. The quantitative estimate of drug-likeness (QED) is 0.466. The SMILES string of the molecule is CS(=O)(=O)c1ccc(-n2nc(C(F)(F)F)cc2-c2ccc(-c3ccco3)cc2)cc1CN. The van der Waals surface area contributed by atoms with Gasteiger partial charge in [0.1, 0.15) is 5.76 Å². The summed E-state index contributed by atoms with van der Waals surface area (Å²) in [4.78, 5) is 0.0244. The highest BCUT2D eigenvalue weighted by molar-refractivity contribution is 7.90. The zero-order valence-electron chi connectivity index (χ0n) is 16.8. The van der Waals surface area contributed by atoms with Gasteiger partial charge in [-0.3, -0.25) is 0 Å². The van der Waals surface area contributed by atoms with E-state index in [9.17, 15) is 21.6 Å². The number of alkyl halides is 3. The molecule has 0 atom stereocenters. The number of sulfone groups is 1. The van der Waals surface area contributed by atoms with Crippen molar-refractivity contribution in [2.75, 3.05) is 6.26 Å². The summed E-state index contributed by atoms with van der Waals surface area (Å²) in [5.74, 6) is 0.630. The fourth-order valence-corrected chi connectivity index (χ4v) is 4.32. The Morgan fingerprint density at radius 3 is 2.28 bits per heavy atom. The maximum absolute atomic E-state index is 13.4. The van der Waals surface area contributed by atoms with Crippen molar-refractivity contribution in [3.8, 4) is 28.3 Å². The number of halogens is 3. The van der Waals surface area contributed by atoms with Gasteiger partial charge in [-0.25, -0.2) is 13.1 Å². The number of aromatic nitrogens is 2. The van der Waals surface area contributed by atoms with E-state index in [0.717, 1.165) is 22.6 Å². The van der Waals surface area contributed by atoms with E-state index in [0.29, 0.717) is 11.3 Å². The largest absolute Gasteiger partial charge is 0.464 e. The lowest BCUT2D eigenvalue weighted by molar-refractivity contribution is -0.141. The minimum atomic E-state index is -4.66. The van der Waals surface area contributed by atoms with Crippen molar-refractivity contribution in [2.45, 2.75) is 17.6 Å². The first-order valence-electron chi connectivity index (χ1n) is 9.43. The summed E-state index contributed by atoms with van der Waals surface area (Å²) in [6, 6.07) is 15.4. The number of hydrogen-bond donors (Lipinski definition) is 1. The van der Waals surface area contributed by atoms with E-state index in [-0.39, 0.29) is 28.4 Å². The molecular formula is C22H18F3N3O3S. The zero-order valence-corrected chi connectivity index (χ0v) is 17.6. The van der Waals surface area contributed by atoms with Crippen LogP contribution in [0.2, 0.25) is 0 Å². The van der Waals surface area contributed by atoms with E-state index in [1.54, 1.807) is 36.4 Å². The molecule has 32 heavy (non-hydrogen) atoms. The Hall–Kier alpha value is -3.37. The minimum Gasteiger partial charge on any atom is -0.464 e. The molecule has 0 aliphatic heterocycles. The molecule has 4 rings (SSSR count). The molecule has 0 aliphatic rings. The zero-order chi connectivity index (χ0) is 23.1. The molecule has 2 aromatic carbocycles. The minimum absolute atomic E-state index is 0.0244. The average Bonchev–Trinajstić information content (AvgIpc) is 3.43. The number of benzene rings is 2. The predicted molar refractivity (Wildman–Crippen MR) is 113 cm³/mol. The monoisotopic (exact) mass is 461 g/mol. The fourth-order valence-electron chi connectivity index (χ4n) is 3.39. The number of nitrogens with two attached hydrogens (primary N) is 1. The van der Waals surface area contributed by atoms with Gasteiger partial charge in [-0.1, -0.05) is 24.3 Å². The van der Waals surface area contributed by atoms with Crippen molar-refractivity contribution in [3.05, 3.63) is 78.2 Å². The average molecular weight is 461 g/mol. The summed E-state index contributed by atoms with van der Waals surface area (Å²) < 4.78 is 70.8. The number of furan rings is 1. The molecule has 2 heterocycles. The highest BCUT2D eigenvalue weighted by atomic mass is 32.2. The van der Waals surface area contributed by atoms with Crippen molar-refractivity contribution in [3.63, 3.8) is 0 Å². The Morgan fingerprint density at radius 1 is 1.03 bits per heavy atom. The molecule has 0 saturated heterocycles. The summed E-state index contributed by atoms with van der Waals surface area (Å²) >= 11 is 0. The second-order valence-electron chi connectivity index (χ2n) is 7.15. The smallest absolute Gasteiger partial charge is 0.435 e. The Morgan fingerprint density at radius 2 is 1.72 bits per heavy atom. The van der Waals surface area contributed by atoms with Gasteiger partial charge in [0.15, 0.2) is 15.5 Å². The van der Waals surface area contributed by atoms with Crippen molar-refractivity contribution in [1.82, 2.24) is 9.78 Å². The second-order valence-corrected chi connectivity index (χ2v) is 9.13. The molecule has 4 aromatic rings. The van der Waals surface area contributed by atoms with Crippen LogP contribution in [0.5, 0.6) is 0 Å². The lowest BCUT2D eigenvalue weighted by Crippen LogP contribution is -2.10. The first-order chi connectivity index (χ1) is 15.1. The van der Waals surface area contributed by atoms with Gasteiger partial charge in [-0.05, 0) is 42.0 Å². The third kappa shape index (κ3) is 4.19. The third-order valence-electron chi connectivity index (χ3n) is 4.89. The molecular weight excluding hydrogens is 443 g/mol. The molecule has 6 nitrogen and oxygen atoms in total. The molecule has 0 saturated carbocycles. The van der Waals surface area contributed by atoms with Crippen LogP contribution in [0.3, 0.4) is 0 Å². The van der Waals surface area contributed by atoms with Gasteiger partial charge in [0.25, 0.3) is 0 Å². The molecule has 2 N–H and O–H groups in total. The third-order valence-corrected chi connectivity index (χ3v) is 6.09. The fraction of sp³-hybridized carbons (Fsp3) is 0.136. The molecule has 0 unspecified atom stereocenters. The van der Waals surface area contributed by atoms with E-state index >= 15 is 0 Å². The van der Waals surface area contributed by atoms with Crippen LogP contribution in [0, 0.1) is 0 Å². The molecule has 2 aromatic heterocycles. The number of nitrogens with zero attached hydrogens (tertiary/aromatic N) is 2. The Kier molecular flexibility index (Phi) is 5.43. The summed E-state index contributed by atoms with van der Waals surface area (Å²) in [6.45, 7) is -0.100. The molecule has 0 fully saturated rings. The van der Waals surface area contributed by atoms with E-state index in [1.165, 1.54) is 24.5 Å². The molecule has 0 radical (unpaired) electrons. The Balaban J connectivity index is 1.85. The summed E-state index contributed by atoms with van der Waals surface area (Å²) in [6.07, 6.45) is -2.08. The molecule has 0 amide bonds. The lowest BCUT2D eigenvalue weighted by atomic mass is 10.1. The van der Waals surface area contributed by atoms with Gasteiger partial charge >= 0.3 is 6.18 Å². The van der Waals surface area contributed by atoms with Crippen LogP contribution in [0.1, 0.15) is 11.3 Å². The highest BCUT2D eigenvalue weighted by Gasteiger charge is 2.35. The summed E-state index contributed by atoms with van der Waals surface area (Å²) in [5.41, 5.74) is 6.63. The number of hydrogen-bond acceptors (Lipinski definition) is 5. The van der Waals surface area contributed by atoms with Crippen LogP contribution < -0.4 is 5.73 Å². The van der Waals surface area contributed by atoms with Gasteiger partial charge in [0.05, 0.1) is 22.5 Å². The van der Waals surface area contributed by atoms with Crippen LogP contribution in [0.15, 0.2) is 76.2 Å².